The second kappa shape index (κ2) is 6.80. The highest BCUT2D eigenvalue weighted by atomic mass is 16.1. The number of nitrogens with one attached hydrogen (secondary N) is 1. The third-order valence-electron chi connectivity index (χ3n) is 5.11. The van der Waals surface area contributed by atoms with Gasteiger partial charge in [0, 0.05) is 39.6 Å². The number of aromatic nitrogens is 1. The van der Waals surface area contributed by atoms with Gasteiger partial charge in [0.05, 0.1) is 6.04 Å². The normalized spacial score (nSPS) is 12.4. The zero-order chi connectivity index (χ0) is 19.0. The summed E-state index contributed by atoms with van der Waals surface area (Å²) < 4.78 is 2.32. The quantitative estimate of drug-likeness (QED) is 0.511. The number of hydrogen-bond donors (Lipinski definition) is 2. The Kier molecular flexibility index (Phi) is 4.32. The highest BCUT2D eigenvalue weighted by Gasteiger charge is 2.15. The molecular formula is C23H23N3O. The van der Waals surface area contributed by atoms with E-state index >= 15 is 0 Å². The van der Waals surface area contributed by atoms with Crippen molar-refractivity contribution in [1.29, 1.82) is 0 Å². The molecule has 0 spiro atoms. The van der Waals surface area contributed by atoms with Gasteiger partial charge in [0.25, 0.3) is 5.91 Å². The van der Waals surface area contributed by atoms with E-state index in [9.17, 15) is 4.79 Å². The minimum atomic E-state index is -0.120. The molecule has 3 aromatic carbocycles. The number of amides is 1. The number of nitrogen functional groups attached to an aromatic ring is 1. The Morgan fingerprint density at radius 3 is 2.56 bits per heavy atom. The largest absolute Gasteiger partial charge is 0.399 e. The number of nitrogens with two attached hydrogens (primary N) is 1. The van der Waals surface area contributed by atoms with Crippen molar-refractivity contribution in [3.8, 4) is 0 Å². The molecule has 0 fully saturated rings. The van der Waals surface area contributed by atoms with Gasteiger partial charge in [0.2, 0.25) is 0 Å². The van der Waals surface area contributed by atoms with Gasteiger partial charge in [0.15, 0.2) is 0 Å². The predicted molar refractivity (Wildman–Crippen MR) is 112 cm³/mol. The SMILES string of the molecule is CCn1c2ccccc2c2cc(C(C)NC(=O)c3cccc(N)c3)ccc21. The molecule has 1 unspecified atom stereocenters. The van der Waals surface area contributed by atoms with Crippen LogP contribution in [0.5, 0.6) is 0 Å². The summed E-state index contributed by atoms with van der Waals surface area (Å²) in [5.74, 6) is -0.120. The lowest BCUT2D eigenvalue weighted by molar-refractivity contribution is 0.0940. The lowest BCUT2D eigenvalue weighted by Gasteiger charge is -2.15. The molecular weight excluding hydrogens is 334 g/mol. The molecule has 0 bridgehead atoms. The van der Waals surface area contributed by atoms with E-state index in [1.165, 1.54) is 21.8 Å². The Morgan fingerprint density at radius 2 is 1.78 bits per heavy atom. The van der Waals surface area contributed by atoms with Gasteiger partial charge in [-0.25, -0.2) is 0 Å². The number of aryl methyl sites for hydroxylation is 1. The Bertz CT molecular complexity index is 1140. The van der Waals surface area contributed by atoms with Crippen LogP contribution in [0.25, 0.3) is 21.8 Å². The molecule has 4 nitrogen and oxygen atoms in total. The van der Waals surface area contributed by atoms with Crippen LogP contribution in [-0.2, 0) is 6.54 Å². The smallest absolute Gasteiger partial charge is 0.251 e. The van der Waals surface area contributed by atoms with Gasteiger partial charge < -0.3 is 15.6 Å². The van der Waals surface area contributed by atoms with Gasteiger partial charge in [-0.2, -0.15) is 0 Å². The first-order valence-electron chi connectivity index (χ1n) is 9.25. The first kappa shape index (κ1) is 17.2. The minimum absolute atomic E-state index is 0.105. The maximum Gasteiger partial charge on any atom is 0.251 e. The Hall–Kier alpha value is -3.27. The number of fused-ring (bicyclic) bond motifs is 3. The maximum absolute atomic E-state index is 12.5. The zero-order valence-electron chi connectivity index (χ0n) is 15.6. The molecule has 0 saturated heterocycles. The highest BCUT2D eigenvalue weighted by molar-refractivity contribution is 6.08. The molecule has 0 aliphatic rings. The number of rotatable bonds is 4. The summed E-state index contributed by atoms with van der Waals surface area (Å²) in [5.41, 5.74) is 10.5. The van der Waals surface area contributed by atoms with E-state index in [-0.39, 0.29) is 11.9 Å². The van der Waals surface area contributed by atoms with E-state index in [4.69, 9.17) is 5.73 Å². The van der Waals surface area contributed by atoms with Gasteiger partial charge in [-0.05, 0) is 55.8 Å². The number of carbonyl (C=O) groups excluding carboxylic acids is 1. The summed E-state index contributed by atoms with van der Waals surface area (Å²) in [6, 6.07) is 21.8. The monoisotopic (exact) mass is 357 g/mol. The number of hydrogen-bond acceptors (Lipinski definition) is 2. The van der Waals surface area contributed by atoms with Crippen molar-refractivity contribution >= 4 is 33.4 Å². The standard InChI is InChI=1S/C23H23N3O/c1-3-26-21-10-5-4-9-19(21)20-14-16(11-12-22(20)26)15(2)25-23(27)17-7-6-8-18(24)13-17/h4-15H,3,24H2,1-2H3,(H,25,27). The van der Waals surface area contributed by atoms with Crippen LogP contribution in [-0.4, -0.2) is 10.5 Å². The molecule has 1 atom stereocenters. The van der Waals surface area contributed by atoms with Crippen molar-refractivity contribution in [2.24, 2.45) is 0 Å². The van der Waals surface area contributed by atoms with Crippen molar-refractivity contribution in [1.82, 2.24) is 9.88 Å². The average Bonchev–Trinajstić information content (AvgIpc) is 3.01. The summed E-state index contributed by atoms with van der Waals surface area (Å²) in [6.07, 6.45) is 0. The van der Waals surface area contributed by atoms with Gasteiger partial charge in [-0.3, -0.25) is 4.79 Å². The molecule has 4 heteroatoms. The van der Waals surface area contributed by atoms with Gasteiger partial charge >= 0.3 is 0 Å². The van der Waals surface area contributed by atoms with Gasteiger partial charge in [-0.15, -0.1) is 0 Å². The number of anilines is 1. The molecule has 0 aliphatic carbocycles. The first-order valence-corrected chi connectivity index (χ1v) is 9.25. The van der Waals surface area contributed by atoms with Crippen molar-refractivity contribution in [3.63, 3.8) is 0 Å². The van der Waals surface area contributed by atoms with Crippen LogP contribution in [0, 0.1) is 0 Å². The fourth-order valence-electron chi connectivity index (χ4n) is 3.72. The minimum Gasteiger partial charge on any atom is -0.399 e. The maximum atomic E-state index is 12.5. The average molecular weight is 357 g/mol. The second-order valence-electron chi connectivity index (χ2n) is 6.86. The van der Waals surface area contributed by atoms with Crippen LogP contribution in [0.15, 0.2) is 66.7 Å². The van der Waals surface area contributed by atoms with E-state index < -0.39 is 0 Å². The number of benzene rings is 3. The van der Waals surface area contributed by atoms with Crippen molar-refractivity contribution < 1.29 is 4.79 Å². The summed E-state index contributed by atoms with van der Waals surface area (Å²) in [6.45, 7) is 5.09. The lowest BCUT2D eigenvalue weighted by Crippen LogP contribution is -2.26. The summed E-state index contributed by atoms with van der Waals surface area (Å²) in [5, 5.41) is 5.53. The molecule has 27 heavy (non-hydrogen) atoms. The molecule has 136 valence electrons. The Balaban J connectivity index is 1.69. The first-order chi connectivity index (χ1) is 13.1. The Labute approximate surface area is 158 Å². The van der Waals surface area contributed by atoms with E-state index in [0.717, 1.165) is 12.1 Å². The number of nitrogens with zero attached hydrogens (tertiary/aromatic N) is 1. The third-order valence-corrected chi connectivity index (χ3v) is 5.11. The number of para-hydroxylation sites is 1. The van der Waals surface area contributed by atoms with E-state index in [2.05, 4.69) is 59.3 Å². The van der Waals surface area contributed by atoms with Crippen molar-refractivity contribution in [2.45, 2.75) is 26.4 Å². The molecule has 1 aromatic heterocycles. The van der Waals surface area contributed by atoms with E-state index in [1.807, 2.05) is 6.92 Å². The third kappa shape index (κ3) is 3.04. The van der Waals surface area contributed by atoms with Gasteiger partial charge in [0.1, 0.15) is 0 Å². The van der Waals surface area contributed by atoms with E-state index in [1.54, 1.807) is 24.3 Å². The predicted octanol–water partition coefficient (Wildman–Crippen LogP) is 4.89. The van der Waals surface area contributed by atoms with Crippen LogP contribution in [0.2, 0.25) is 0 Å². The fraction of sp³-hybridized carbons (Fsp3) is 0.174. The second-order valence-corrected chi connectivity index (χ2v) is 6.86. The molecule has 4 aromatic rings. The van der Waals surface area contributed by atoms with Crippen LogP contribution in [0.1, 0.15) is 35.8 Å². The molecule has 1 heterocycles. The van der Waals surface area contributed by atoms with Crippen LogP contribution < -0.4 is 11.1 Å². The van der Waals surface area contributed by atoms with Crippen molar-refractivity contribution in [3.05, 3.63) is 77.9 Å². The van der Waals surface area contributed by atoms with Crippen LogP contribution in [0.4, 0.5) is 5.69 Å². The van der Waals surface area contributed by atoms with Crippen LogP contribution in [0.3, 0.4) is 0 Å². The summed E-state index contributed by atoms with van der Waals surface area (Å²) in [4.78, 5) is 12.5. The molecule has 0 radical (unpaired) electrons. The summed E-state index contributed by atoms with van der Waals surface area (Å²) in [7, 11) is 0. The Morgan fingerprint density at radius 1 is 1.00 bits per heavy atom. The molecule has 0 saturated carbocycles. The molecule has 4 rings (SSSR count). The molecule has 0 aliphatic heterocycles. The fourth-order valence-corrected chi connectivity index (χ4v) is 3.72. The number of carbonyl (C=O) groups is 1. The van der Waals surface area contributed by atoms with Crippen LogP contribution >= 0.6 is 0 Å². The summed E-state index contributed by atoms with van der Waals surface area (Å²) >= 11 is 0. The van der Waals surface area contributed by atoms with E-state index in [0.29, 0.717) is 11.3 Å². The lowest BCUT2D eigenvalue weighted by atomic mass is 10.0. The topological polar surface area (TPSA) is 60.0 Å². The zero-order valence-corrected chi connectivity index (χ0v) is 15.6. The molecule has 3 N–H and O–H groups in total. The van der Waals surface area contributed by atoms with Gasteiger partial charge in [-0.1, -0.05) is 30.3 Å². The highest BCUT2D eigenvalue weighted by Crippen LogP contribution is 2.31. The molecule has 1 amide bonds. The van der Waals surface area contributed by atoms with Crippen molar-refractivity contribution in [2.75, 3.05) is 5.73 Å².